The Morgan fingerprint density at radius 1 is 1.03 bits per heavy atom. The third-order valence-electron chi connectivity index (χ3n) is 6.36. The van der Waals surface area contributed by atoms with Crippen molar-refractivity contribution in [3.8, 4) is 5.75 Å². The molecule has 3 amide bonds. The van der Waals surface area contributed by atoms with Crippen LogP contribution in [0.5, 0.6) is 5.75 Å². The summed E-state index contributed by atoms with van der Waals surface area (Å²) in [6.07, 6.45) is 2.90. The molecular formula is C26H31N3O4. The van der Waals surface area contributed by atoms with Crippen LogP contribution < -0.4 is 15.0 Å². The number of likely N-dealkylation sites (tertiary alicyclic amines) is 1. The second kappa shape index (κ2) is 9.65. The number of anilines is 2. The molecule has 2 aliphatic rings. The van der Waals surface area contributed by atoms with Gasteiger partial charge < -0.3 is 19.9 Å². The van der Waals surface area contributed by atoms with Gasteiger partial charge in [-0.1, -0.05) is 17.2 Å². The lowest BCUT2D eigenvalue weighted by Crippen LogP contribution is -2.43. The first-order valence-electron chi connectivity index (χ1n) is 11.5. The average molecular weight is 450 g/mol. The van der Waals surface area contributed by atoms with Crippen LogP contribution in [-0.2, 0) is 9.59 Å². The SMILES string of the molecule is COc1cc(NC(=O)C2CCCN(C(=O)c3cc(C)cc(C)c3)C2)ccc1N1CCCC1=O. The van der Waals surface area contributed by atoms with E-state index < -0.39 is 0 Å². The summed E-state index contributed by atoms with van der Waals surface area (Å²) in [5, 5.41) is 2.97. The fraction of sp³-hybridized carbons (Fsp3) is 0.423. The van der Waals surface area contributed by atoms with E-state index >= 15 is 0 Å². The summed E-state index contributed by atoms with van der Waals surface area (Å²) in [5.41, 5.74) is 4.12. The van der Waals surface area contributed by atoms with E-state index in [1.165, 1.54) is 0 Å². The number of hydrogen-bond acceptors (Lipinski definition) is 4. The Morgan fingerprint density at radius 2 is 1.79 bits per heavy atom. The molecule has 2 aliphatic heterocycles. The molecule has 4 rings (SSSR count). The predicted octanol–water partition coefficient (Wildman–Crippen LogP) is 3.93. The van der Waals surface area contributed by atoms with Crippen molar-refractivity contribution in [3.05, 3.63) is 53.1 Å². The van der Waals surface area contributed by atoms with E-state index in [0.717, 1.165) is 36.1 Å². The van der Waals surface area contributed by atoms with Crippen molar-refractivity contribution in [2.24, 2.45) is 5.92 Å². The van der Waals surface area contributed by atoms with E-state index in [1.54, 1.807) is 29.0 Å². The number of ether oxygens (including phenoxy) is 1. The summed E-state index contributed by atoms with van der Waals surface area (Å²) in [5.74, 6) is 0.221. The van der Waals surface area contributed by atoms with Crippen LogP contribution in [0.15, 0.2) is 36.4 Å². The third kappa shape index (κ3) is 5.02. The molecule has 0 spiro atoms. The summed E-state index contributed by atoms with van der Waals surface area (Å²) in [7, 11) is 1.56. The molecule has 0 radical (unpaired) electrons. The summed E-state index contributed by atoms with van der Waals surface area (Å²) in [6, 6.07) is 11.2. The Labute approximate surface area is 194 Å². The number of rotatable bonds is 5. The zero-order valence-electron chi connectivity index (χ0n) is 19.5. The van der Waals surface area contributed by atoms with E-state index in [9.17, 15) is 14.4 Å². The quantitative estimate of drug-likeness (QED) is 0.750. The number of methoxy groups -OCH3 is 1. The molecule has 2 heterocycles. The second-order valence-corrected chi connectivity index (χ2v) is 8.99. The maximum absolute atomic E-state index is 13.0. The number of hydrogen-bond donors (Lipinski definition) is 1. The van der Waals surface area contributed by atoms with Gasteiger partial charge in [0.15, 0.2) is 0 Å². The molecule has 0 aromatic heterocycles. The predicted molar refractivity (Wildman–Crippen MR) is 128 cm³/mol. The Balaban J connectivity index is 1.44. The molecule has 174 valence electrons. The highest BCUT2D eigenvalue weighted by atomic mass is 16.5. The molecule has 2 fully saturated rings. The van der Waals surface area contributed by atoms with Gasteiger partial charge in [0.2, 0.25) is 11.8 Å². The highest BCUT2D eigenvalue weighted by molar-refractivity contribution is 5.99. The van der Waals surface area contributed by atoms with Crippen LogP contribution in [0.2, 0.25) is 0 Å². The number of nitrogens with zero attached hydrogens (tertiary/aromatic N) is 2. The molecule has 1 atom stereocenters. The van der Waals surface area contributed by atoms with Gasteiger partial charge in [-0.25, -0.2) is 0 Å². The number of piperidine rings is 1. The molecule has 33 heavy (non-hydrogen) atoms. The minimum Gasteiger partial charge on any atom is -0.494 e. The zero-order valence-corrected chi connectivity index (χ0v) is 19.5. The third-order valence-corrected chi connectivity index (χ3v) is 6.36. The van der Waals surface area contributed by atoms with Gasteiger partial charge >= 0.3 is 0 Å². The number of aryl methyl sites for hydroxylation is 2. The van der Waals surface area contributed by atoms with Gasteiger partial charge in [0.25, 0.3) is 5.91 Å². The first-order chi connectivity index (χ1) is 15.9. The van der Waals surface area contributed by atoms with Gasteiger partial charge in [-0.05, 0) is 57.4 Å². The minimum atomic E-state index is -0.278. The fourth-order valence-corrected chi connectivity index (χ4v) is 4.78. The molecule has 2 aromatic rings. The van der Waals surface area contributed by atoms with Crippen LogP contribution >= 0.6 is 0 Å². The minimum absolute atomic E-state index is 0.0272. The van der Waals surface area contributed by atoms with Gasteiger partial charge in [0.05, 0.1) is 18.7 Å². The van der Waals surface area contributed by atoms with Crippen molar-refractivity contribution in [1.29, 1.82) is 0 Å². The van der Waals surface area contributed by atoms with Crippen molar-refractivity contribution in [1.82, 2.24) is 4.90 Å². The van der Waals surface area contributed by atoms with E-state index in [2.05, 4.69) is 5.32 Å². The smallest absolute Gasteiger partial charge is 0.253 e. The first kappa shape index (κ1) is 22.8. The Bertz CT molecular complexity index is 1060. The van der Waals surface area contributed by atoms with E-state index in [-0.39, 0.29) is 23.6 Å². The van der Waals surface area contributed by atoms with Gasteiger partial charge in [-0.3, -0.25) is 14.4 Å². The fourth-order valence-electron chi connectivity index (χ4n) is 4.78. The van der Waals surface area contributed by atoms with Crippen LogP contribution in [0, 0.1) is 19.8 Å². The normalized spacial score (nSPS) is 18.4. The lowest BCUT2D eigenvalue weighted by molar-refractivity contribution is -0.121. The van der Waals surface area contributed by atoms with Crippen LogP contribution in [0.1, 0.15) is 47.2 Å². The summed E-state index contributed by atoms with van der Waals surface area (Å²) >= 11 is 0. The van der Waals surface area contributed by atoms with Crippen molar-refractivity contribution in [3.63, 3.8) is 0 Å². The van der Waals surface area contributed by atoms with E-state index in [0.29, 0.717) is 43.1 Å². The first-order valence-corrected chi connectivity index (χ1v) is 11.5. The number of amides is 3. The molecule has 2 aromatic carbocycles. The largest absolute Gasteiger partial charge is 0.494 e. The Morgan fingerprint density at radius 3 is 2.45 bits per heavy atom. The number of benzene rings is 2. The van der Waals surface area contributed by atoms with Gasteiger partial charge in [-0.2, -0.15) is 0 Å². The summed E-state index contributed by atoms with van der Waals surface area (Å²) in [6.45, 7) is 5.69. The monoisotopic (exact) mass is 449 g/mol. The van der Waals surface area contributed by atoms with Gasteiger partial charge in [-0.15, -0.1) is 0 Å². The zero-order chi connectivity index (χ0) is 23.5. The molecule has 1 unspecified atom stereocenters. The number of carbonyl (C=O) groups excluding carboxylic acids is 3. The topological polar surface area (TPSA) is 79.0 Å². The molecule has 0 bridgehead atoms. The summed E-state index contributed by atoms with van der Waals surface area (Å²) < 4.78 is 5.49. The molecule has 0 aliphatic carbocycles. The number of carbonyl (C=O) groups is 3. The molecule has 1 N–H and O–H groups in total. The molecule has 7 nitrogen and oxygen atoms in total. The summed E-state index contributed by atoms with van der Waals surface area (Å²) in [4.78, 5) is 41.7. The van der Waals surface area contributed by atoms with E-state index in [4.69, 9.17) is 4.74 Å². The Hall–Kier alpha value is -3.35. The van der Waals surface area contributed by atoms with Crippen LogP contribution in [0.4, 0.5) is 11.4 Å². The highest BCUT2D eigenvalue weighted by Crippen LogP contribution is 2.34. The van der Waals surface area contributed by atoms with Crippen LogP contribution in [0.25, 0.3) is 0 Å². The Kier molecular flexibility index (Phi) is 6.67. The van der Waals surface area contributed by atoms with Crippen molar-refractivity contribution >= 4 is 29.1 Å². The standard InChI is InChI=1S/C26H31N3O4/c1-17-12-18(2)14-20(13-17)26(32)28-10-4-6-19(16-28)25(31)27-21-8-9-22(23(15-21)33-3)29-11-5-7-24(29)30/h8-9,12-15,19H,4-7,10-11,16H2,1-3H3,(H,27,31). The van der Waals surface area contributed by atoms with Crippen molar-refractivity contribution < 1.29 is 19.1 Å². The lowest BCUT2D eigenvalue weighted by atomic mass is 9.96. The van der Waals surface area contributed by atoms with Gasteiger partial charge in [0, 0.05) is 43.4 Å². The maximum Gasteiger partial charge on any atom is 0.253 e. The second-order valence-electron chi connectivity index (χ2n) is 8.99. The molecule has 7 heteroatoms. The maximum atomic E-state index is 13.0. The van der Waals surface area contributed by atoms with Crippen LogP contribution in [0.3, 0.4) is 0 Å². The van der Waals surface area contributed by atoms with Crippen molar-refractivity contribution in [2.75, 3.05) is 37.0 Å². The number of nitrogens with one attached hydrogen (secondary N) is 1. The van der Waals surface area contributed by atoms with Gasteiger partial charge in [0.1, 0.15) is 5.75 Å². The van der Waals surface area contributed by atoms with Crippen molar-refractivity contribution in [2.45, 2.75) is 39.5 Å². The average Bonchev–Trinajstić information content (AvgIpc) is 3.23. The van der Waals surface area contributed by atoms with Crippen LogP contribution in [-0.4, -0.2) is 49.4 Å². The molecular weight excluding hydrogens is 418 g/mol. The molecule has 2 saturated heterocycles. The molecule has 0 saturated carbocycles. The lowest BCUT2D eigenvalue weighted by Gasteiger charge is -2.32. The van der Waals surface area contributed by atoms with E-state index in [1.807, 2.05) is 38.1 Å². The highest BCUT2D eigenvalue weighted by Gasteiger charge is 2.30.